The molecule has 0 aromatic carbocycles. The Morgan fingerprint density at radius 3 is 2.86 bits per heavy atom. The predicted octanol–water partition coefficient (Wildman–Crippen LogP) is 2.94. The predicted molar refractivity (Wildman–Crippen MR) is 66.7 cm³/mol. The molecule has 1 aliphatic rings. The van der Waals surface area contributed by atoms with Gasteiger partial charge in [-0.2, -0.15) is 0 Å². The van der Waals surface area contributed by atoms with Gasteiger partial charge in [-0.1, -0.05) is 0 Å². The first-order chi connectivity index (χ1) is 6.52. The molecule has 0 atom stereocenters. The van der Waals surface area contributed by atoms with E-state index in [0.717, 1.165) is 15.5 Å². The van der Waals surface area contributed by atoms with Crippen molar-refractivity contribution < 1.29 is 9.53 Å². The Morgan fingerprint density at radius 2 is 2.29 bits per heavy atom. The first-order valence-electron chi connectivity index (χ1n) is 3.90. The SMILES string of the molecule is COC(=O)c1cc2c(s1)C[Se](Br)(Br)C2. The number of fused-ring (bicyclic) bond motifs is 1. The van der Waals surface area contributed by atoms with E-state index in [2.05, 4.69) is 33.0 Å². The normalized spacial score (nSPS) is 20.2. The van der Waals surface area contributed by atoms with Gasteiger partial charge in [0.1, 0.15) is 0 Å². The molecular formula is C8H8Br2O2SSe. The van der Waals surface area contributed by atoms with Gasteiger partial charge in [-0.15, -0.1) is 0 Å². The molecule has 1 aromatic rings. The first-order valence-corrected chi connectivity index (χ1v) is 15.2. The van der Waals surface area contributed by atoms with E-state index in [-0.39, 0.29) is 5.97 Å². The molecule has 0 saturated heterocycles. The standard InChI is InChI=1S/C8H8Br2O2SSe/c1-12-8(11)6-2-5-3-14(9,10)4-7(5)13-6/h2H,3-4H2,1H3. The van der Waals surface area contributed by atoms with E-state index < -0.39 is 9.23 Å². The molecule has 0 spiro atoms. The van der Waals surface area contributed by atoms with E-state index in [4.69, 9.17) is 0 Å². The Bertz CT molecular complexity index is 363. The fraction of sp³-hybridized carbons (Fsp3) is 0.375. The van der Waals surface area contributed by atoms with E-state index in [1.165, 1.54) is 17.6 Å². The minimum absolute atomic E-state index is 0.220. The van der Waals surface area contributed by atoms with Crippen LogP contribution in [0.4, 0.5) is 0 Å². The third-order valence-corrected chi connectivity index (χ3v) is 11.4. The van der Waals surface area contributed by atoms with Gasteiger partial charge in [0, 0.05) is 0 Å². The van der Waals surface area contributed by atoms with Crippen molar-refractivity contribution in [2.45, 2.75) is 10.6 Å². The second kappa shape index (κ2) is 3.90. The van der Waals surface area contributed by atoms with Crippen LogP contribution in [0.25, 0.3) is 0 Å². The number of esters is 1. The topological polar surface area (TPSA) is 26.3 Å². The Labute approximate surface area is 103 Å². The molecule has 0 fully saturated rings. The van der Waals surface area contributed by atoms with E-state index >= 15 is 0 Å². The molecule has 0 unspecified atom stereocenters. The average molecular weight is 407 g/mol. The second-order valence-corrected chi connectivity index (χ2v) is 25.7. The van der Waals surface area contributed by atoms with Crippen molar-refractivity contribution in [3.63, 3.8) is 0 Å². The zero-order valence-electron chi connectivity index (χ0n) is 7.38. The van der Waals surface area contributed by atoms with Gasteiger partial charge in [0.25, 0.3) is 0 Å². The molecule has 1 aliphatic heterocycles. The van der Waals surface area contributed by atoms with Crippen molar-refractivity contribution in [3.8, 4) is 0 Å². The third kappa shape index (κ3) is 2.09. The summed E-state index contributed by atoms with van der Waals surface area (Å²) in [6.45, 7) is 0. The molecule has 0 aliphatic carbocycles. The van der Waals surface area contributed by atoms with Crippen molar-refractivity contribution in [2.75, 3.05) is 7.11 Å². The number of methoxy groups -OCH3 is 1. The monoisotopic (exact) mass is 406 g/mol. The van der Waals surface area contributed by atoms with E-state index in [1.807, 2.05) is 6.07 Å². The zero-order chi connectivity index (χ0) is 10.3. The summed E-state index contributed by atoms with van der Waals surface area (Å²) < 4.78 is 4.69. The molecule has 2 heterocycles. The summed E-state index contributed by atoms with van der Waals surface area (Å²) in [4.78, 5) is 13.3. The van der Waals surface area contributed by atoms with Gasteiger partial charge in [0.15, 0.2) is 0 Å². The van der Waals surface area contributed by atoms with Crippen molar-refractivity contribution in [3.05, 3.63) is 21.4 Å². The second-order valence-electron chi connectivity index (χ2n) is 3.04. The Morgan fingerprint density at radius 1 is 1.57 bits per heavy atom. The molecule has 78 valence electrons. The number of carbonyl (C=O) groups is 1. The number of hydrogen-bond acceptors (Lipinski definition) is 3. The molecule has 0 saturated carbocycles. The van der Waals surface area contributed by atoms with E-state index in [1.54, 1.807) is 11.3 Å². The summed E-state index contributed by atoms with van der Waals surface area (Å²) in [5.41, 5.74) is 1.31. The molecule has 14 heavy (non-hydrogen) atoms. The number of hydrogen-bond donors (Lipinski definition) is 0. The van der Waals surface area contributed by atoms with Gasteiger partial charge in [-0.25, -0.2) is 0 Å². The minimum atomic E-state index is -1.55. The number of thiophene rings is 1. The molecule has 0 radical (unpaired) electrons. The summed E-state index contributed by atoms with van der Waals surface area (Å²) in [7, 11) is -0.130. The summed E-state index contributed by atoms with van der Waals surface area (Å²) >= 11 is 9.05. The first kappa shape index (κ1) is 11.1. The molecule has 1 aromatic heterocycles. The number of carbonyl (C=O) groups excluding carboxylic acids is 1. The molecule has 2 rings (SSSR count). The van der Waals surface area contributed by atoms with Crippen molar-refractivity contribution in [1.29, 1.82) is 0 Å². The molecule has 0 amide bonds. The molecule has 0 bridgehead atoms. The van der Waals surface area contributed by atoms with Crippen LogP contribution in [-0.4, -0.2) is 22.3 Å². The van der Waals surface area contributed by atoms with Gasteiger partial charge in [-0.05, 0) is 0 Å². The third-order valence-electron chi connectivity index (χ3n) is 1.99. The molecule has 6 heteroatoms. The Balaban J connectivity index is 2.27. The summed E-state index contributed by atoms with van der Waals surface area (Å²) in [5, 5.41) is 2.15. The van der Waals surface area contributed by atoms with Gasteiger partial charge in [0.2, 0.25) is 0 Å². The van der Waals surface area contributed by atoms with Crippen LogP contribution in [0.1, 0.15) is 20.1 Å². The summed E-state index contributed by atoms with van der Waals surface area (Å²) in [6, 6.07) is 1.97. The van der Waals surface area contributed by atoms with Crippen LogP contribution in [0.5, 0.6) is 0 Å². The van der Waals surface area contributed by atoms with E-state index in [0.29, 0.717) is 0 Å². The molecular weight excluding hydrogens is 399 g/mol. The summed E-state index contributed by atoms with van der Waals surface area (Å²) in [5.74, 6) is -0.220. The van der Waals surface area contributed by atoms with Crippen LogP contribution in [0.15, 0.2) is 6.07 Å². The van der Waals surface area contributed by atoms with Crippen molar-refractivity contribution in [1.82, 2.24) is 0 Å². The van der Waals surface area contributed by atoms with Gasteiger partial charge in [0.05, 0.1) is 0 Å². The fourth-order valence-corrected chi connectivity index (χ4v) is 13.4. The Kier molecular flexibility index (Phi) is 3.11. The fourth-order valence-electron chi connectivity index (χ4n) is 1.38. The molecule has 0 N–H and O–H groups in total. The van der Waals surface area contributed by atoms with Crippen molar-refractivity contribution in [2.24, 2.45) is 0 Å². The van der Waals surface area contributed by atoms with Crippen LogP contribution in [0, 0.1) is 0 Å². The van der Waals surface area contributed by atoms with Crippen LogP contribution in [0.2, 0.25) is 0 Å². The maximum absolute atomic E-state index is 11.3. The van der Waals surface area contributed by atoms with Crippen LogP contribution in [-0.2, 0) is 15.4 Å². The molecule has 2 nitrogen and oxygen atoms in total. The number of rotatable bonds is 1. The van der Waals surface area contributed by atoms with Crippen molar-refractivity contribution >= 4 is 54.8 Å². The Hall–Kier alpha value is 0.649. The maximum atomic E-state index is 11.3. The van der Waals surface area contributed by atoms with Gasteiger partial charge in [-0.3, -0.25) is 0 Å². The van der Waals surface area contributed by atoms with Gasteiger partial charge < -0.3 is 0 Å². The number of ether oxygens (including phenoxy) is 1. The zero-order valence-corrected chi connectivity index (χ0v) is 13.1. The van der Waals surface area contributed by atoms with Crippen LogP contribution in [0.3, 0.4) is 0 Å². The number of halogens is 2. The average Bonchev–Trinajstić information content (AvgIpc) is 2.56. The van der Waals surface area contributed by atoms with Crippen LogP contribution < -0.4 is 0 Å². The van der Waals surface area contributed by atoms with Gasteiger partial charge >= 0.3 is 103 Å². The summed E-state index contributed by atoms with van der Waals surface area (Å²) in [6.07, 6.45) is 0. The quantitative estimate of drug-likeness (QED) is 0.529. The van der Waals surface area contributed by atoms with Crippen LogP contribution >= 0.6 is 39.6 Å². The van der Waals surface area contributed by atoms with E-state index in [9.17, 15) is 4.79 Å².